The third kappa shape index (κ3) is 6.27. The number of hydrogen-bond acceptors (Lipinski definition) is 3. The Balaban J connectivity index is 2.24. The Morgan fingerprint density at radius 3 is 2.95 bits per heavy atom. The number of aryl methyl sites for hydroxylation is 1. The Bertz CT molecular complexity index is 446. The van der Waals surface area contributed by atoms with Crippen LogP contribution in [0.1, 0.15) is 25.3 Å². The van der Waals surface area contributed by atoms with Crippen molar-refractivity contribution in [2.75, 3.05) is 6.61 Å². The molecule has 19 heavy (non-hydrogen) atoms. The van der Waals surface area contributed by atoms with Crippen LogP contribution in [0.5, 0.6) is 0 Å². The molecule has 1 aromatic rings. The molecule has 5 heteroatoms. The molecule has 0 aromatic heterocycles. The summed E-state index contributed by atoms with van der Waals surface area (Å²) in [5.41, 5.74) is 3.67. The van der Waals surface area contributed by atoms with Crippen LogP contribution in [-0.2, 0) is 16.1 Å². The van der Waals surface area contributed by atoms with E-state index in [1.54, 1.807) is 6.08 Å². The summed E-state index contributed by atoms with van der Waals surface area (Å²) in [6.07, 6.45) is 3.83. The molecule has 0 aliphatic rings. The smallest absolute Gasteiger partial charge is 0.353 e. The number of hydrogen-bond donors (Lipinski definition) is 2. The minimum absolute atomic E-state index is 0.0743. The highest BCUT2D eigenvalue weighted by Crippen LogP contribution is 2.12. The quantitative estimate of drug-likeness (QED) is 0.437. The number of benzene rings is 1. The first-order valence-electron chi connectivity index (χ1n) is 6.19. The second kappa shape index (κ2) is 8.56. The summed E-state index contributed by atoms with van der Waals surface area (Å²) in [6.45, 7) is 2.30. The lowest BCUT2D eigenvalue weighted by Gasteiger charge is -2.07. The molecule has 0 atom stereocenters. The van der Waals surface area contributed by atoms with Gasteiger partial charge in [-0.1, -0.05) is 36.7 Å². The van der Waals surface area contributed by atoms with Gasteiger partial charge in [0.2, 0.25) is 0 Å². The highest BCUT2D eigenvalue weighted by Gasteiger charge is 2.05. The van der Waals surface area contributed by atoms with Crippen molar-refractivity contribution in [3.63, 3.8) is 0 Å². The van der Waals surface area contributed by atoms with Gasteiger partial charge >= 0.3 is 5.97 Å². The first-order valence-corrected chi connectivity index (χ1v) is 6.57. The Labute approximate surface area is 118 Å². The van der Waals surface area contributed by atoms with E-state index < -0.39 is 5.97 Å². The Kier molecular flexibility index (Phi) is 7.00. The van der Waals surface area contributed by atoms with Gasteiger partial charge in [0.15, 0.2) is 0 Å². The first kappa shape index (κ1) is 15.5. The van der Waals surface area contributed by atoms with Crippen molar-refractivity contribution in [1.29, 1.82) is 0 Å². The summed E-state index contributed by atoms with van der Waals surface area (Å²) >= 11 is 5.88. The lowest BCUT2D eigenvalue weighted by atomic mass is 10.1. The zero-order chi connectivity index (χ0) is 14.1. The van der Waals surface area contributed by atoms with E-state index in [1.807, 2.05) is 31.2 Å². The van der Waals surface area contributed by atoms with Crippen LogP contribution < -0.4 is 5.48 Å². The van der Waals surface area contributed by atoms with Gasteiger partial charge in [0, 0.05) is 5.02 Å². The fraction of sp³-hybridized carbons (Fsp3) is 0.357. The van der Waals surface area contributed by atoms with E-state index in [2.05, 4.69) is 5.48 Å². The number of carbonyl (C=O) groups is 1. The van der Waals surface area contributed by atoms with Gasteiger partial charge < -0.3 is 5.11 Å². The molecule has 0 aliphatic carbocycles. The zero-order valence-electron chi connectivity index (χ0n) is 10.9. The molecule has 0 saturated heterocycles. The van der Waals surface area contributed by atoms with Crippen LogP contribution in [0.3, 0.4) is 0 Å². The van der Waals surface area contributed by atoms with Crippen LogP contribution >= 0.6 is 11.6 Å². The maximum atomic E-state index is 10.8. The molecule has 0 spiro atoms. The van der Waals surface area contributed by atoms with Crippen molar-refractivity contribution >= 4 is 17.6 Å². The summed E-state index contributed by atoms with van der Waals surface area (Å²) in [4.78, 5) is 15.9. The number of allylic oxidation sites excluding steroid dienone is 1. The molecule has 0 amide bonds. The molecule has 104 valence electrons. The summed E-state index contributed by atoms with van der Waals surface area (Å²) in [5, 5.41) is 9.56. The minimum Gasteiger partial charge on any atom is -0.477 e. The van der Waals surface area contributed by atoms with Crippen molar-refractivity contribution in [1.82, 2.24) is 5.48 Å². The predicted octanol–water partition coefficient (Wildman–Crippen LogP) is 3.17. The largest absolute Gasteiger partial charge is 0.477 e. The molecular formula is C14H18ClNO3. The monoisotopic (exact) mass is 283 g/mol. The number of carboxylic acids is 1. The fourth-order valence-electron chi connectivity index (χ4n) is 1.55. The van der Waals surface area contributed by atoms with E-state index in [9.17, 15) is 4.79 Å². The Morgan fingerprint density at radius 1 is 1.53 bits per heavy atom. The average molecular weight is 284 g/mol. The van der Waals surface area contributed by atoms with Gasteiger partial charge in [-0.3, -0.25) is 10.3 Å². The van der Waals surface area contributed by atoms with E-state index in [1.165, 1.54) is 0 Å². The van der Waals surface area contributed by atoms with E-state index in [4.69, 9.17) is 21.5 Å². The standard InChI is InChI=1S/C14H18ClNO3/c1-2-5-13(14(17)18)16-19-9-4-7-11-6-3-8-12(15)10-11/h3,5-6,8,10,16H,2,4,7,9H2,1H3,(H,17,18). The zero-order valence-corrected chi connectivity index (χ0v) is 11.6. The molecule has 0 heterocycles. The van der Waals surface area contributed by atoms with Crippen LogP contribution in [0.2, 0.25) is 5.02 Å². The van der Waals surface area contributed by atoms with Gasteiger partial charge in [0.1, 0.15) is 5.70 Å². The first-order chi connectivity index (χ1) is 9.13. The minimum atomic E-state index is -1.02. The molecule has 4 nitrogen and oxygen atoms in total. The molecule has 1 rings (SSSR count). The molecule has 0 saturated carbocycles. The van der Waals surface area contributed by atoms with E-state index in [-0.39, 0.29) is 5.70 Å². The molecule has 0 unspecified atom stereocenters. The molecule has 0 bridgehead atoms. The molecular weight excluding hydrogens is 266 g/mol. The predicted molar refractivity (Wildman–Crippen MR) is 74.9 cm³/mol. The van der Waals surface area contributed by atoms with Crippen molar-refractivity contribution < 1.29 is 14.7 Å². The van der Waals surface area contributed by atoms with Gasteiger partial charge in [0.05, 0.1) is 6.61 Å². The summed E-state index contributed by atoms with van der Waals surface area (Å²) in [5.74, 6) is -1.02. The molecule has 2 N–H and O–H groups in total. The van der Waals surface area contributed by atoms with Gasteiger partial charge in [-0.25, -0.2) is 4.79 Å². The highest BCUT2D eigenvalue weighted by molar-refractivity contribution is 6.30. The number of rotatable bonds is 8. The van der Waals surface area contributed by atoms with Crippen LogP contribution in [0.4, 0.5) is 0 Å². The number of hydroxylamine groups is 1. The van der Waals surface area contributed by atoms with Gasteiger partial charge in [-0.15, -0.1) is 0 Å². The second-order valence-corrected chi connectivity index (χ2v) is 4.45. The highest BCUT2D eigenvalue weighted by atomic mass is 35.5. The normalized spacial score (nSPS) is 11.4. The topological polar surface area (TPSA) is 58.6 Å². The van der Waals surface area contributed by atoms with E-state index >= 15 is 0 Å². The molecule has 0 fully saturated rings. The van der Waals surface area contributed by atoms with Crippen LogP contribution in [0.25, 0.3) is 0 Å². The number of halogens is 1. The van der Waals surface area contributed by atoms with Crippen LogP contribution in [0, 0.1) is 0 Å². The maximum Gasteiger partial charge on any atom is 0.353 e. The van der Waals surface area contributed by atoms with Crippen molar-refractivity contribution in [2.45, 2.75) is 26.2 Å². The summed E-state index contributed by atoms with van der Waals surface area (Å²) in [6, 6.07) is 7.65. The van der Waals surface area contributed by atoms with Gasteiger partial charge in [-0.2, -0.15) is 0 Å². The average Bonchev–Trinajstić information content (AvgIpc) is 2.37. The Morgan fingerprint density at radius 2 is 2.32 bits per heavy atom. The van der Waals surface area contributed by atoms with Crippen LogP contribution in [0.15, 0.2) is 36.0 Å². The summed E-state index contributed by atoms with van der Waals surface area (Å²) in [7, 11) is 0. The lowest BCUT2D eigenvalue weighted by Crippen LogP contribution is -2.21. The van der Waals surface area contributed by atoms with Gasteiger partial charge in [0.25, 0.3) is 0 Å². The molecule has 0 aliphatic heterocycles. The number of aliphatic carboxylic acids is 1. The molecule has 1 aromatic carbocycles. The lowest BCUT2D eigenvalue weighted by molar-refractivity contribution is -0.134. The third-order valence-corrected chi connectivity index (χ3v) is 2.66. The van der Waals surface area contributed by atoms with Crippen molar-refractivity contribution in [3.8, 4) is 0 Å². The van der Waals surface area contributed by atoms with Crippen molar-refractivity contribution in [2.24, 2.45) is 0 Å². The molecule has 0 radical (unpaired) electrons. The number of nitrogens with one attached hydrogen (secondary N) is 1. The second-order valence-electron chi connectivity index (χ2n) is 4.02. The Hall–Kier alpha value is -1.52. The third-order valence-electron chi connectivity index (χ3n) is 2.42. The number of carboxylic acid groups (broad SMARTS) is 1. The van der Waals surface area contributed by atoms with E-state index in [0.29, 0.717) is 13.0 Å². The van der Waals surface area contributed by atoms with Gasteiger partial charge in [-0.05, 0) is 37.0 Å². The SMILES string of the molecule is CCC=C(NOCCCc1cccc(Cl)c1)C(=O)O. The van der Waals surface area contributed by atoms with Crippen LogP contribution in [-0.4, -0.2) is 17.7 Å². The van der Waals surface area contributed by atoms with Crippen molar-refractivity contribution in [3.05, 3.63) is 46.6 Å². The fourth-order valence-corrected chi connectivity index (χ4v) is 1.76. The summed E-state index contributed by atoms with van der Waals surface area (Å²) < 4.78 is 0. The maximum absolute atomic E-state index is 10.8. The van der Waals surface area contributed by atoms with E-state index in [0.717, 1.165) is 23.4 Å².